The maximum atomic E-state index is 5.31. The van der Waals surface area contributed by atoms with Crippen molar-refractivity contribution in [2.45, 2.75) is 26.2 Å². The predicted octanol–water partition coefficient (Wildman–Crippen LogP) is 12.2. The number of thiazole rings is 1. The van der Waals surface area contributed by atoms with E-state index in [1.54, 1.807) is 11.3 Å². The van der Waals surface area contributed by atoms with Crippen LogP contribution in [0.15, 0.2) is 126 Å². The lowest BCUT2D eigenvalue weighted by Gasteiger charge is -2.20. The van der Waals surface area contributed by atoms with Crippen molar-refractivity contribution in [1.82, 2.24) is 4.98 Å². The summed E-state index contributed by atoms with van der Waals surface area (Å²) in [6, 6.07) is 43.4. The molecule has 0 radical (unpaired) electrons. The Bertz CT molecular complexity index is 2350. The van der Waals surface area contributed by atoms with Crippen LogP contribution in [0.2, 0.25) is 0 Å². The van der Waals surface area contributed by atoms with Crippen LogP contribution in [-0.2, 0) is 5.41 Å². The highest BCUT2D eigenvalue weighted by atomic mass is 32.1. The summed E-state index contributed by atoms with van der Waals surface area (Å²) in [5.74, 6) is 0. The molecule has 4 heteroatoms. The second-order valence-corrected chi connectivity index (χ2v) is 14.4. The first-order valence-corrected chi connectivity index (χ1v) is 16.5. The molecule has 2 nitrogen and oxygen atoms in total. The van der Waals surface area contributed by atoms with Crippen molar-refractivity contribution in [2.75, 3.05) is 0 Å². The van der Waals surface area contributed by atoms with E-state index in [-0.39, 0.29) is 5.41 Å². The summed E-state index contributed by atoms with van der Waals surface area (Å²) in [5, 5.41) is 7.20. The predicted molar refractivity (Wildman–Crippen MR) is 193 cm³/mol. The number of thiophene rings is 1. The second kappa shape index (κ2) is 10.5. The summed E-state index contributed by atoms with van der Waals surface area (Å²) in [4.78, 5) is 11.7. The number of fused-ring (bicyclic) bond motifs is 5. The smallest absolute Gasteiger partial charge is 0.126 e. The first-order chi connectivity index (χ1) is 21.4. The molecule has 8 rings (SSSR count). The largest absolute Gasteiger partial charge is 0.256 e. The molecule has 0 N–H and O–H groups in total. The summed E-state index contributed by atoms with van der Waals surface area (Å²) >= 11 is 3.60. The zero-order chi connectivity index (χ0) is 29.8. The molecule has 0 saturated carbocycles. The van der Waals surface area contributed by atoms with Crippen molar-refractivity contribution in [2.24, 2.45) is 4.99 Å². The Kier molecular flexibility index (Phi) is 6.44. The highest BCUT2D eigenvalue weighted by Crippen LogP contribution is 2.44. The minimum Gasteiger partial charge on any atom is -0.256 e. The maximum absolute atomic E-state index is 5.31. The SMILES string of the molecule is CC(C)(C)c1cc(-c2cc3ccccc3s2)c2nc(-c3ccccc3N=Cc3cc4ccccc4c4ccccc34)sc2c1. The molecule has 0 amide bonds. The van der Waals surface area contributed by atoms with Gasteiger partial charge in [-0.15, -0.1) is 22.7 Å². The van der Waals surface area contributed by atoms with Gasteiger partial charge in [-0.25, -0.2) is 4.98 Å². The van der Waals surface area contributed by atoms with Gasteiger partial charge in [-0.3, -0.25) is 4.99 Å². The van der Waals surface area contributed by atoms with Crippen LogP contribution in [0, 0.1) is 0 Å². The average molecular weight is 603 g/mol. The molecular formula is C40H30N2S2. The van der Waals surface area contributed by atoms with Gasteiger partial charge in [0.25, 0.3) is 0 Å². The number of nitrogens with zero attached hydrogens (tertiary/aromatic N) is 2. The number of hydrogen-bond donors (Lipinski definition) is 0. The van der Waals surface area contributed by atoms with E-state index in [9.17, 15) is 0 Å². The number of aliphatic imine (C=N–C) groups is 1. The highest BCUT2D eigenvalue weighted by molar-refractivity contribution is 7.23. The van der Waals surface area contributed by atoms with Crippen LogP contribution in [-0.4, -0.2) is 11.2 Å². The lowest BCUT2D eigenvalue weighted by Crippen LogP contribution is -2.10. The second-order valence-electron chi connectivity index (χ2n) is 12.3. The topological polar surface area (TPSA) is 25.2 Å². The van der Waals surface area contributed by atoms with E-state index in [2.05, 4.69) is 142 Å². The van der Waals surface area contributed by atoms with Gasteiger partial charge in [0.05, 0.1) is 15.9 Å². The van der Waals surface area contributed by atoms with Gasteiger partial charge in [0.15, 0.2) is 0 Å². The quantitative estimate of drug-likeness (QED) is 0.145. The van der Waals surface area contributed by atoms with E-state index in [4.69, 9.17) is 9.98 Å². The lowest BCUT2D eigenvalue weighted by molar-refractivity contribution is 0.591. The molecule has 0 aliphatic heterocycles. The number of para-hydroxylation sites is 1. The standard InChI is InChI=1S/C40H30N2S2/c1-40(2,3)28-22-33(36-21-26-13-5-11-19-35(26)43-36)38-37(23-28)44-39(42-38)32-17-9-10-18-34(32)41-24-27-20-25-12-4-6-14-29(25)31-16-8-7-15-30(27)31/h4-24H,1-3H3. The molecule has 2 heterocycles. The fraction of sp³-hybridized carbons (Fsp3) is 0.100. The third-order valence-corrected chi connectivity index (χ3v) is 10.5. The normalized spacial score (nSPS) is 12.3. The van der Waals surface area contributed by atoms with Crippen LogP contribution in [0.25, 0.3) is 62.9 Å². The summed E-state index contributed by atoms with van der Waals surface area (Å²) < 4.78 is 2.51. The maximum Gasteiger partial charge on any atom is 0.126 e. The summed E-state index contributed by atoms with van der Waals surface area (Å²) in [6.07, 6.45) is 2.02. The van der Waals surface area contributed by atoms with Crippen LogP contribution in [0.3, 0.4) is 0 Å². The summed E-state index contributed by atoms with van der Waals surface area (Å²) in [6.45, 7) is 6.85. The number of rotatable bonds is 4. The van der Waals surface area contributed by atoms with E-state index < -0.39 is 0 Å². The molecule has 6 aromatic carbocycles. The molecule has 0 spiro atoms. The van der Waals surface area contributed by atoms with Crippen molar-refractivity contribution in [1.29, 1.82) is 0 Å². The van der Waals surface area contributed by atoms with E-state index in [0.29, 0.717) is 0 Å². The van der Waals surface area contributed by atoms with E-state index in [0.717, 1.165) is 27.3 Å². The first-order valence-electron chi connectivity index (χ1n) is 14.9. The van der Waals surface area contributed by atoms with Crippen LogP contribution < -0.4 is 0 Å². The molecule has 212 valence electrons. The van der Waals surface area contributed by atoms with Gasteiger partial charge in [0.1, 0.15) is 5.01 Å². The summed E-state index contributed by atoms with van der Waals surface area (Å²) in [5.41, 5.74) is 6.69. The van der Waals surface area contributed by atoms with Crippen molar-refractivity contribution < 1.29 is 0 Å². The number of aromatic nitrogens is 1. The van der Waals surface area contributed by atoms with Crippen LogP contribution in [0.5, 0.6) is 0 Å². The molecule has 44 heavy (non-hydrogen) atoms. The van der Waals surface area contributed by atoms with E-state index >= 15 is 0 Å². The lowest BCUT2D eigenvalue weighted by atomic mass is 9.86. The highest BCUT2D eigenvalue weighted by Gasteiger charge is 2.21. The third kappa shape index (κ3) is 4.71. The van der Waals surface area contributed by atoms with Crippen LogP contribution in [0.1, 0.15) is 31.9 Å². The van der Waals surface area contributed by atoms with Crippen LogP contribution in [0.4, 0.5) is 5.69 Å². The fourth-order valence-corrected chi connectivity index (χ4v) is 8.12. The van der Waals surface area contributed by atoms with Crippen LogP contribution >= 0.6 is 22.7 Å². The van der Waals surface area contributed by atoms with Gasteiger partial charge in [-0.1, -0.05) is 99.6 Å². The van der Waals surface area contributed by atoms with Gasteiger partial charge in [0.2, 0.25) is 0 Å². The van der Waals surface area contributed by atoms with Gasteiger partial charge < -0.3 is 0 Å². The Morgan fingerprint density at radius 1 is 0.614 bits per heavy atom. The van der Waals surface area contributed by atoms with E-state index in [1.165, 1.54) is 52.3 Å². The molecule has 0 fully saturated rings. The minimum atomic E-state index is 0.0224. The third-order valence-electron chi connectivity index (χ3n) is 8.33. The average Bonchev–Trinajstić information content (AvgIpc) is 3.68. The number of benzene rings is 6. The van der Waals surface area contributed by atoms with E-state index in [1.807, 2.05) is 17.6 Å². The molecule has 0 aliphatic rings. The van der Waals surface area contributed by atoms with Gasteiger partial charge in [0, 0.05) is 32.5 Å². The Morgan fingerprint density at radius 2 is 1.32 bits per heavy atom. The first kappa shape index (κ1) is 26.9. The molecule has 0 unspecified atom stereocenters. The van der Waals surface area contributed by atoms with Crippen molar-refractivity contribution in [3.05, 3.63) is 132 Å². The molecule has 2 aromatic heterocycles. The molecule has 0 aliphatic carbocycles. The molecule has 8 aromatic rings. The number of hydrogen-bond acceptors (Lipinski definition) is 4. The van der Waals surface area contributed by atoms with Gasteiger partial charge >= 0.3 is 0 Å². The minimum absolute atomic E-state index is 0.0224. The fourth-order valence-electron chi connectivity index (χ4n) is 5.98. The Hall–Kier alpha value is -4.64. The van der Waals surface area contributed by atoms with Gasteiger partial charge in [-0.05, 0) is 80.4 Å². The Morgan fingerprint density at radius 3 is 2.14 bits per heavy atom. The molecule has 0 saturated heterocycles. The Labute approximate surface area is 265 Å². The summed E-state index contributed by atoms with van der Waals surface area (Å²) in [7, 11) is 0. The zero-order valence-electron chi connectivity index (χ0n) is 24.8. The zero-order valence-corrected chi connectivity index (χ0v) is 26.5. The van der Waals surface area contributed by atoms with Crippen molar-refractivity contribution in [3.63, 3.8) is 0 Å². The molecule has 0 atom stereocenters. The molecule has 0 bridgehead atoms. The van der Waals surface area contributed by atoms with Crippen molar-refractivity contribution >= 4 is 76.4 Å². The molecular weight excluding hydrogens is 573 g/mol. The van der Waals surface area contributed by atoms with Gasteiger partial charge in [-0.2, -0.15) is 0 Å². The monoisotopic (exact) mass is 602 g/mol. The Balaban J connectivity index is 1.27. The van der Waals surface area contributed by atoms with Crippen molar-refractivity contribution in [3.8, 4) is 21.0 Å².